The molecule has 0 saturated carbocycles. The van der Waals surface area contributed by atoms with Crippen LogP contribution in [0.3, 0.4) is 0 Å². The van der Waals surface area contributed by atoms with Crippen LogP contribution in [-0.2, 0) is 14.8 Å². The van der Waals surface area contributed by atoms with E-state index in [4.69, 9.17) is 11.6 Å². The lowest BCUT2D eigenvalue weighted by molar-refractivity contribution is -0.143. The molecule has 1 heterocycles. The van der Waals surface area contributed by atoms with Gasteiger partial charge in [0.15, 0.2) is 0 Å². The number of aryl methyl sites for hydroxylation is 1. The van der Waals surface area contributed by atoms with Crippen LogP contribution in [-0.4, -0.2) is 35.6 Å². The number of thioether (sulfide) groups is 1. The third-order valence-electron chi connectivity index (χ3n) is 5.94. The van der Waals surface area contributed by atoms with Crippen LogP contribution in [0, 0.1) is 18.7 Å². The molecule has 3 aromatic carbocycles. The molecule has 3 aromatic rings. The predicted molar refractivity (Wildman–Crippen MR) is 131 cm³/mol. The molecule has 0 bridgehead atoms. The summed E-state index contributed by atoms with van der Waals surface area (Å²) < 4.78 is 43.3. The molecule has 1 fully saturated rings. The molecule has 1 aliphatic rings. The molecule has 9 heteroatoms. The number of rotatable bonds is 6. The molecule has 4 rings (SSSR count). The monoisotopic (exact) mass is 519 g/mol. The van der Waals surface area contributed by atoms with Crippen molar-refractivity contribution in [2.45, 2.75) is 34.4 Å². The van der Waals surface area contributed by atoms with Gasteiger partial charge in [0, 0.05) is 27.3 Å². The summed E-state index contributed by atoms with van der Waals surface area (Å²) >= 11 is 7.31. The molecule has 0 aromatic heterocycles. The van der Waals surface area contributed by atoms with Gasteiger partial charge in [0.25, 0.3) is 0 Å². The zero-order valence-corrected chi connectivity index (χ0v) is 20.7. The van der Waals surface area contributed by atoms with Gasteiger partial charge in [-0.25, -0.2) is 12.8 Å². The highest BCUT2D eigenvalue weighted by atomic mass is 35.5. The first-order valence-electron chi connectivity index (χ1n) is 10.6. The first-order valence-corrected chi connectivity index (χ1v) is 13.3. The van der Waals surface area contributed by atoms with Gasteiger partial charge in [-0.3, -0.25) is 4.79 Å². The second kappa shape index (κ2) is 10.1. The molecule has 5 nitrogen and oxygen atoms in total. The second-order valence-electron chi connectivity index (χ2n) is 8.22. The molecule has 1 saturated heterocycles. The van der Waals surface area contributed by atoms with Crippen LogP contribution in [0.15, 0.2) is 82.6 Å². The van der Waals surface area contributed by atoms with Crippen LogP contribution in [0.2, 0.25) is 5.02 Å². The van der Waals surface area contributed by atoms with E-state index in [1.54, 1.807) is 54.6 Å². The quantitative estimate of drug-likeness (QED) is 0.446. The van der Waals surface area contributed by atoms with Crippen molar-refractivity contribution in [1.82, 2.24) is 4.31 Å². The summed E-state index contributed by atoms with van der Waals surface area (Å²) in [6.07, 6.45) is 0.135. The maximum Gasteiger partial charge on any atom is 0.308 e. The summed E-state index contributed by atoms with van der Waals surface area (Å²) in [4.78, 5) is 13.1. The average Bonchev–Trinajstić information content (AvgIpc) is 2.80. The Bertz CT molecular complexity index is 1280. The van der Waals surface area contributed by atoms with Gasteiger partial charge < -0.3 is 5.11 Å². The van der Waals surface area contributed by atoms with Crippen LogP contribution in [0.25, 0.3) is 0 Å². The van der Waals surface area contributed by atoms with Crippen molar-refractivity contribution < 1.29 is 22.7 Å². The highest BCUT2D eigenvalue weighted by Crippen LogP contribution is 2.44. The van der Waals surface area contributed by atoms with Crippen molar-refractivity contribution in [2.24, 2.45) is 5.92 Å². The summed E-state index contributed by atoms with van der Waals surface area (Å²) in [7, 11) is -4.08. The van der Waals surface area contributed by atoms with Gasteiger partial charge in [-0.1, -0.05) is 47.5 Å². The lowest BCUT2D eigenvalue weighted by Crippen LogP contribution is -2.49. The molecule has 0 amide bonds. The number of carboxylic acid groups (broad SMARTS) is 1. The fourth-order valence-corrected chi connectivity index (χ4v) is 7.19. The molecule has 0 aliphatic carbocycles. The Morgan fingerprint density at radius 3 is 2.32 bits per heavy atom. The first-order chi connectivity index (χ1) is 16.2. The number of carbonyl (C=O) groups is 1. The minimum Gasteiger partial charge on any atom is -0.481 e. The minimum atomic E-state index is -4.08. The van der Waals surface area contributed by atoms with E-state index in [1.807, 2.05) is 6.92 Å². The molecule has 0 radical (unpaired) electrons. The number of benzene rings is 3. The summed E-state index contributed by atoms with van der Waals surface area (Å²) in [5.41, 5.74) is 1.12. The van der Waals surface area contributed by atoms with Crippen LogP contribution in [0.4, 0.5) is 4.39 Å². The highest BCUT2D eigenvalue weighted by Gasteiger charge is 2.46. The summed E-state index contributed by atoms with van der Waals surface area (Å²) in [6, 6.07) is 18.5. The van der Waals surface area contributed by atoms with Gasteiger partial charge in [-0.2, -0.15) is 4.31 Å². The Morgan fingerprint density at radius 2 is 1.71 bits per heavy atom. The molecule has 0 spiro atoms. The Labute approximate surface area is 207 Å². The first kappa shape index (κ1) is 24.7. The van der Waals surface area contributed by atoms with Gasteiger partial charge in [0.05, 0.1) is 16.9 Å². The molecule has 1 aliphatic heterocycles. The van der Waals surface area contributed by atoms with Crippen molar-refractivity contribution in [3.8, 4) is 0 Å². The van der Waals surface area contributed by atoms with Crippen molar-refractivity contribution in [3.05, 3.63) is 94.8 Å². The number of aliphatic carboxylic acids is 1. The zero-order valence-electron chi connectivity index (χ0n) is 18.3. The largest absolute Gasteiger partial charge is 0.481 e. The molecule has 34 heavy (non-hydrogen) atoms. The van der Waals surface area contributed by atoms with Crippen LogP contribution in [0.1, 0.15) is 23.6 Å². The molecule has 0 unspecified atom stereocenters. The zero-order chi connectivity index (χ0) is 24.5. The van der Waals surface area contributed by atoms with Crippen LogP contribution < -0.4 is 0 Å². The van der Waals surface area contributed by atoms with Gasteiger partial charge in [0.2, 0.25) is 10.0 Å². The normalized spacial score (nSPS) is 21.3. The van der Waals surface area contributed by atoms with Gasteiger partial charge in [-0.15, -0.1) is 11.8 Å². The van der Waals surface area contributed by atoms with E-state index >= 15 is 0 Å². The van der Waals surface area contributed by atoms with Crippen molar-refractivity contribution in [1.29, 1.82) is 0 Å². The van der Waals surface area contributed by atoms with Crippen molar-refractivity contribution >= 4 is 39.4 Å². The Balaban J connectivity index is 1.77. The fourth-order valence-electron chi connectivity index (χ4n) is 4.13. The smallest absolute Gasteiger partial charge is 0.308 e. The summed E-state index contributed by atoms with van der Waals surface area (Å²) in [6.45, 7) is 1.58. The Kier molecular flexibility index (Phi) is 7.33. The number of carboxylic acids is 1. The Hall–Kier alpha value is -2.39. The van der Waals surface area contributed by atoms with E-state index in [0.717, 1.165) is 14.8 Å². The summed E-state index contributed by atoms with van der Waals surface area (Å²) in [5.74, 6) is -2.60. The van der Waals surface area contributed by atoms with Crippen molar-refractivity contribution in [2.75, 3.05) is 6.54 Å². The van der Waals surface area contributed by atoms with Gasteiger partial charge in [-0.05, 0) is 55.8 Å². The van der Waals surface area contributed by atoms with E-state index in [2.05, 4.69) is 0 Å². The van der Waals surface area contributed by atoms with E-state index < -0.39 is 39.0 Å². The van der Waals surface area contributed by atoms with Crippen LogP contribution in [0.5, 0.6) is 0 Å². The summed E-state index contributed by atoms with van der Waals surface area (Å²) in [5, 5.41) is 10.1. The van der Waals surface area contributed by atoms with Gasteiger partial charge in [0.1, 0.15) is 5.82 Å². The predicted octanol–water partition coefficient (Wildman–Crippen LogP) is 5.78. The number of piperidine rings is 1. The second-order valence-corrected chi connectivity index (χ2v) is 11.9. The third kappa shape index (κ3) is 5.15. The lowest BCUT2D eigenvalue weighted by atomic mass is 9.90. The number of hydrogen-bond donors (Lipinski definition) is 1. The fraction of sp³-hybridized carbons (Fsp3) is 0.240. The third-order valence-corrected chi connectivity index (χ3v) is 9.45. The molecule has 3 atom stereocenters. The molecular formula is C25H23ClFNO4S2. The van der Waals surface area contributed by atoms with E-state index in [0.29, 0.717) is 5.02 Å². The van der Waals surface area contributed by atoms with Gasteiger partial charge >= 0.3 is 5.97 Å². The number of halogens is 2. The minimum absolute atomic E-state index is 0.0485. The molecule has 1 N–H and O–H groups in total. The standard InChI is InChI=1S/C25H23ClFNO4S2/c1-16-6-12-19(13-7-16)34(31,32)28-15-21(25(29)30)24(33-18-10-8-17(26)9-11-18)14-23(28)20-4-2-3-5-22(20)27/h2-13,21,23-24H,14-15H2,1H3,(H,29,30)/t21-,23+,24-/m1/s1. The maximum absolute atomic E-state index is 14.9. The number of sulfonamides is 1. The SMILES string of the molecule is Cc1ccc(S(=O)(=O)N2C[C@@H](C(=O)O)[C@H](Sc3ccc(Cl)cc3)C[C@H]2c2ccccc2F)cc1. The number of nitrogens with zero attached hydrogens (tertiary/aromatic N) is 1. The highest BCUT2D eigenvalue weighted by molar-refractivity contribution is 8.00. The van der Waals surface area contributed by atoms with E-state index in [1.165, 1.54) is 30.0 Å². The van der Waals surface area contributed by atoms with Crippen molar-refractivity contribution in [3.63, 3.8) is 0 Å². The topological polar surface area (TPSA) is 74.7 Å². The Morgan fingerprint density at radius 1 is 1.06 bits per heavy atom. The maximum atomic E-state index is 14.9. The van der Waals surface area contributed by atoms with Crippen LogP contribution >= 0.6 is 23.4 Å². The lowest BCUT2D eigenvalue weighted by Gasteiger charge is -2.41. The average molecular weight is 520 g/mol. The van der Waals surface area contributed by atoms with E-state index in [-0.39, 0.29) is 23.4 Å². The van der Waals surface area contributed by atoms with E-state index in [9.17, 15) is 22.7 Å². The molecular weight excluding hydrogens is 497 g/mol. The molecule has 178 valence electrons. The number of hydrogen-bond acceptors (Lipinski definition) is 4.